The Morgan fingerprint density at radius 2 is 2.16 bits per heavy atom. The Hall–Kier alpha value is -3.16. The van der Waals surface area contributed by atoms with Crippen molar-refractivity contribution in [2.45, 2.75) is 12.3 Å². The molecule has 0 aliphatic carbocycles. The molecule has 0 spiro atoms. The van der Waals surface area contributed by atoms with E-state index in [0.717, 1.165) is 17.3 Å². The van der Waals surface area contributed by atoms with Crippen molar-refractivity contribution in [2.24, 2.45) is 0 Å². The maximum absolute atomic E-state index is 13.7. The van der Waals surface area contributed by atoms with Gasteiger partial charge in [-0.1, -0.05) is 18.2 Å². The Morgan fingerprint density at radius 1 is 1.40 bits per heavy atom. The summed E-state index contributed by atoms with van der Waals surface area (Å²) in [5, 5.41) is 16.9. The van der Waals surface area contributed by atoms with Crippen LogP contribution in [0.1, 0.15) is 17.9 Å². The van der Waals surface area contributed by atoms with E-state index in [1.54, 1.807) is 0 Å². The second-order valence-corrected chi connectivity index (χ2v) is 5.68. The van der Waals surface area contributed by atoms with E-state index < -0.39 is 10.7 Å². The SMILES string of the molecule is COc1cc(NCC2CC(=O)Nc3ccccc32)c([N+](=O)[O-])cc1F. The minimum atomic E-state index is -0.804. The number of methoxy groups -OCH3 is 1. The fraction of sp³-hybridized carbons (Fsp3) is 0.235. The standard InChI is InChI=1S/C17H16FN3O4/c1-25-16-8-14(15(21(23)24)7-12(16)18)19-9-10-6-17(22)20-13-5-3-2-4-11(10)13/h2-5,7-8,10,19H,6,9H2,1H3,(H,20,22). The van der Waals surface area contributed by atoms with Crippen LogP contribution in [0.5, 0.6) is 5.75 Å². The zero-order chi connectivity index (χ0) is 18.0. The molecular formula is C17H16FN3O4. The van der Waals surface area contributed by atoms with Crippen LogP contribution in [0.15, 0.2) is 36.4 Å². The lowest BCUT2D eigenvalue weighted by molar-refractivity contribution is -0.384. The summed E-state index contributed by atoms with van der Waals surface area (Å²) in [4.78, 5) is 22.4. The van der Waals surface area contributed by atoms with Gasteiger partial charge in [0.15, 0.2) is 11.6 Å². The topological polar surface area (TPSA) is 93.5 Å². The van der Waals surface area contributed by atoms with E-state index in [9.17, 15) is 19.3 Å². The van der Waals surface area contributed by atoms with E-state index in [-0.39, 0.29) is 35.4 Å². The van der Waals surface area contributed by atoms with Crippen molar-refractivity contribution in [3.8, 4) is 5.75 Å². The molecule has 2 aromatic carbocycles. The molecule has 7 nitrogen and oxygen atoms in total. The molecule has 3 rings (SSSR count). The molecule has 2 aromatic rings. The van der Waals surface area contributed by atoms with E-state index in [2.05, 4.69) is 10.6 Å². The van der Waals surface area contributed by atoms with Gasteiger partial charge in [-0.25, -0.2) is 4.39 Å². The summed E-state index contributed by atoms with van der Waals surface area (Å²) in [7, 11) is 1.29. The van der Waals surface area contributed by atoms with Crippen molar-refractivity contribution in [3.05, 3.63) is 57.9 Å². The van der Waals surface area contributed by atoms with Crippen LogP contribution in [0.25, 0.3) is 0 Å². The van der Waals surface area contributed by atoms with E-state index in [0.29, 0.717) is 6.54 Å². The fourth-order valence-electron chi connectivity index (χ4n) is 2.91. The van der Waals surface area contributed by atoms with Gasteiger partial charge in [-0.15, -0.1) is 0 Å². The van der Waals surface area contributed by atoms with Crippen LogP contribution in [0, 0.1) is 15.9 Å². The predicted octanol–water partition coefficient (Wildman–Crippen LogP) is 3.28. The molecule has 0 bridgehead atoms. The van der Waals surface area contributed by atoms with E-state index in [4.69, 9.17) is 4.74 Å². The van der Waals surface area contributed by atoms with Crippen LogP contribution >= 0.6 is 0 Å². The number of rotatable bonds is 5. The number of amides is 1. The van der Waals surface area contributed by atoms with E-state index in [1.165, 1.54) is 13.2 Å². The Labute approximate surface area is 143 Å². The number of anilines is 2. The number of carbonyl (C=O) groups excluding carboxylic acids is 1. The highest BCUT2D eigenvalue weighted by Gasteiger charge is 2.26. The first-order valence-electron chi connectivity index (χ1n) is 7.64. The predicted molar refractivity (Wildman–Crippen MR) is 90.5 cm³/mol. The smallest absolute Gasteiger partial charge is 0.295 e. The third-order valence-corrected chi connectivity index (χ3v) is 4.11. The van der Waals surface area contributed by atoms with Crippen molar-refractivity contribution in [3.63, 3.8) is 0 Å². The first kappa shape index (κ1) is 16.7. The van der Waals surface area contributed by atoms with Crippen LogP contribution in [0.3, 0.4) is 0 Å². The van der Waals surface area contributed by atoms with Crippen molar-refractivity contribution >= 4 is 23.0 Å². The number of nitro benzene ring substituents is 1. The molecule has 2 N–H and O–H groups in total. The van der Waals surface area contributed by atoms with Gasteiger partial charge in [0.1, 0.15) is 5.69 Å². The molecule has 8 heteroatoms. The van der Waals surface area contributed by atoms with Gasteiger partial charge in [0.25, 0.3) is 5.69 Å². The minimum Gasteiger partial charge on any atom is -0.494 e. The molecule has 1 aliphatic heterocycles. The number of para-hydroxylation sites is 1. The molecule has 1 amide bonds. The van der Waals surface area contributed by atoms with E-state index in [1.807, 2.05) is 24.3 Å². The maximum atomic E-state index is 13.7. The number of benzene rings is 2. The van der Waals surface area contributed by atoms with Crippen molar-refractivity contribution in [2.75, 3.05) is 24.3 Å². The third kappa shape index (κ3) is 3.37. The van der Waals surface area contributed by atoms with Crippen molar-refractivity contribution in [1.29, 1.82) is 0 Å². The average Bonchev–Trinajstić information content (AvgIpc) is 2.59. The quantitative estimate of drug-likeness (QED) is 0.641. The average molecular weight is 345 g/mol. The highest BCUT2D eigenvalue weighted by atomic mass is 19.1. The van der Waals surface area contributed by atoms with Crippen LogP contribution in [0.4, 0.5) is 21.5 Å². The normalized spacial score (nSPS) is 15.9. The van der Waals surface area contributed by atoms with Gasteiger partial charge in [-0.3, -0.25) is 14.9 Å². The number of hydrogen-bond donors (Lipinski definition) is 2. The number of nitrogens with zero attached hydrogens (tertiary/aromatic N) is 1. The summed E-state index contributed by atoms with van der Waals surface area (Å²) in [6.45, 7) is 0.292. The summed E-state index contributed by atoms with van der Waals surface area (Å²) in [6, 6.07) is 9.48. The lowest BCUT2D eigenvalue weighted by Crippen LogP contribution is -2.26. The fourth-order valence-corrected chi connectivity index (χ4v) is 2.91. The number of nitro groups is 1. The number of hydrogen-bond acceptors (Lipinski definition) is 5. The second kappa shape index (κ2) is 6.76. The largest absolute Gasteiger partial charge is 0.494 e. The van der Waals surface area contributed by atoms with Gasteiger partial charge in [0, 0.05) is 30.6 Å². The first-order chi connectivity index (χ1) is 12.0. The van der Waals surface area contributed by atoms with Gasteiger partial charge >= 0.3 is 0 Å². The van der Waals surface area contributed by atoms with Gasteiger partial charge in [0.2, 0.25) is 5.91 Å². The molecule has 130 valence electrons. The van der Waals surface area contributed by atoms with Gasteiger partial charge in [0.05, 0.1) is 18.1 Å². The summed E-state index contributed by atoms with van der Waals surface area (Å²) in [5.74, 6) is -1.16. The molecule has 1 heterocycles. The Bertz CT molecular complexity index is 841. The van der Waals surface area contributed by atoms with E-state index >= 15 is 0 Å². The zero-order valence-electron chi connectivity index (χ0n) is 13.4. The van der Waals surface area contributed by atoms with Gasteiger partial charge in [-0.05, 0) is 11.6 Å². The molecule has 0 saturated heterocycles. The highest BCUT2D eigenvalue weighted by molar-refractivity contribution is 5.94. The molecule has 1 atom stereocenters. The molecule has 0 aromatic heterocycles. The van der Waals surface area contributed by atoms with Gasteiger partial charge < -0.3 is 15.4 Å². The summed E-state index contributed by atoms with van der Waals surface area (Å²) < 4.78 is 18.6. The van der Waals surface area contributed by atoms with Crippen LogP contribution in [0.2, 0.25) is 0 Å². The Morgan fingerprint density at radius 3 is 2.88 bits per heavy atom. The second-order valence-electron chi connectivity index (χ2n) is 5.68. The van der Waals surface area contributed by atoms with Gasteiger partial charge in [-0.2, -0.15) is 0 Å². The number of fused-ring (bicyclic) bond motifs is 1. The first-order valence-corrected chi connectivity index (χ1v) is 7.64. The molecule has 1 unspecified atom stereocenters. The lowest BCUT2D eigenvalue weighted by Gasteiger charge is -2.26. The Kier molecular flexibility index (Phi) is 4.51. The van der Waals surface area contributed by atoms with Crippen LogP contribution in [-0.4, -0.2) is 24.5 Å². The van der Waals surface area contributed by atoms with Crippen molar-refractivity contribution < 1.29 is 18.8 Å². The Balaban J connectivity index is 1.87. The monoisotopic (exact) mass is 345 g/mol. The minimum absolute atomic E-state index is 0.0881. The van der Waals surface area contributed by atoms with Crippen LogP contribution in [-0.2, 0) is 4.79 Å². The molecule has 1 aliphatic rings. The molecule has 0 radical (unpaired) electrons. The maximum Gasteiger partial charge on any atom is 0.295 e. The molecule has 0 fully saturated rings. The summed E-state index contributed by atoms with van der Waals surface area (Å²) in [6.07, 6.45) is 0.260. The van der Waals surface area contributed by atoms with Crippen molar-refractivity contribution in [1.82, 2.24) is 0 Å². The number of carbonyl (C=O) groups is 1. The summed E-state index contributed by atoms with van der Waals surface area (Å²) in [5.41, 5.74) is 1.45. The number of halogens is 1. The molecule has 25 heavy (non-hydrogen) atoms. The lowest BCUT2D eigenvalue weighted by atomic mass is 9.90. The number of ether oxygens (including phenoxy) is 1. The highest BCUT2D eigenvalue weighted by Crippen LogP contribution is 2.35. The molecular weight excluding hydrogens is 329 g/mol. The zero-order valence-corrected chi connectivity index (χ0v) is 13.4. The summed E-state index contributed by atoms with van der Waals surface area (Å²) >= 11 is 0. The number of nitrogens with one attached hydrogen (secondary N) is 2. The molecule has 0 saturated carbocycles. The van der Waals surface area contributed by atoms with Crippen LogP contribution < -0.4 is 15.4 Å². The third-order valence-electron chi connectivity index (χ3n) is 4.11.